The Bertz CT molecular complexity index is 1130. The monoisotopic (exact) mass is 984 g/mol. The number of hydrogen-bond acceptors (Lipinski definition) is 5. The van der Waals surface area contributed by atoms with Gasteiger partial charge in [-0.05, 0) is 83.5 Å². The van der Waals surface area contributed by atoms with E-state index in [4.69, 9.17) is 4.74 Å². The Balaban J connectivity index is 3.39. The van der Waals surface area contributed by atoms with Crippen molar-refractivity contribution in [2.24, 2.45) is 0 Å². The molecule has 0 aromatic carbocycles. The second kappa shape index (κ2) is 59.6. The van der Waals surface area contributed by atoms with Gasteiger partial charge in [0, 0.05) is 12.8 Å². The van der Waals surface area contributed by atoms with Gasteiger partial charge in [-0.1, -0.05) is 275 Å². The van der Waals surface area contributed by atoms with Gasteiger partial charge in [-0.2, -0.15) is 0 Å². The van der Waals surface area contributed by atoms with Gasteiger partial charge in [0.2, 0.25) is 5.91 Å². The fraction of sp³-hybridized carbons (Fsp3) is 0.875. The summed E-state index contributed by atoms with van der Waals surface area (Å²) >= 11 is 0. The van der Waals surface area contributed by atoms with E-state index >= 15 is 0 Å². The molecule has 2 unspecified atom stereocenters. The smallest absolute Gasteiger partial charge is 0.305 e. The summed E-state index contributed by atoms with van der Waals surface area (Å²) in [6, 6.07) is -0.627. The van der Waals surface area contributed by atoms with E-state index in [1.165, 1.54) is 263 Å². The molecular weight excluding hydrogens is 863 g/mol. The van der Waals surface area contributed by atoms with Crippen molar-refractivity contribution in [3.8, 4) is 0 Å². The molecular formula is C64H121NO5. The summed E-state index contributed by atoms with van der Waals surface area (Å²) in [4.78, 5) is 24.5. The van der Waals surface area contributed by atoms with Gasteiger partial charge in [-0.15, -0.1) is 0 Å². The van der Waals surface area contributed by atoms with Crippen molar-refractivity contribution in [1.29, 1.82) is 0 Å². The van der Waals surface area contributed by atoms with Crippen molar-refractivity contribution in [2.75, 3.05) is 13.2 Å². The lowest BCUT2D eigenvalue weighted by molar-refractivity contribution is -0.143. The summed E-state index contributed by atoms with van der Waals surface area (Å²) in [5.74, 6) is -0.0630. The first kappa shape index (κ1) is 68.1. The molecule has 0 fully saturated rings. The van der Waals surface area contributed by atoms with Crippen molar-refractivity contribution in [3.05, 3.63) is 36.5 Å². The fourth-order valence-corrected chi connectivity index (χ4v) is 9.57. The van der Waals surface area contributed by atoms with Crippen molar-refractivity contribution in [1.82, 2.24) is 5.32 Å². The summed E-state index contributed by atoms with van der Waals surface area (Å²) in [6.45, 7) is 4.89. The van der Waals surface area contributed by atoms with Crippen LogP contribution in [0.1, 0.15) is 335 Å². The van der Waals surface area contributed by atoms with E-state index in [0.29, 0.717) is 19.4 Å². The standard InChI is InChI=1S/C64H121NO5/c1-3-5-7-9-11-13-15-17-34-38-42-46-50-54-58-64(69)70-59-55-51-47-43-39-35-32-30-28-26-24-22-20-18-19-21-23-25-27-29-31-33-37-41-45-49-53-57-63(68)65-61(60-66)62(67)56-52-48-44-40-36-16-14-12-10-8-6-4-2/h15,17-19,52,56,61-62,66-67H,3-14,16,20-51,53-55,57-60H2,1-2H3,(H,65,68)/b17-15-,19-18-,56-52+. The summed E-state index contributed by atoms with van der Waals surface area (Å²) in [5.41, 5.74) is 0. The van der Waals surface area contributed by atoms with Crippen LogP contribution in [0.3, 0.4) is 0 Å². The summed E-state index contributed by atoms with van der Waals surface area (Å²) in [7, 11) is 0. The third kappa shape index (κ3) is 55.4. The zero-order chi connectivity index (χ0) is 50.7. The lowest BCUT2D eigenvalue weighted by Crippen LogP contribution is -2.45. The Morgan fingerprint density at radius 1 is 0.386 bits per heavy atom. The van der Waals surface area contributed by atoms with E-state index in [9.17, 15) is 19.8 Å². The van der Waals surface area contributed by atoms with Crippen molar-refractivity contribution in [2.45, 2.75) is 347 Å². The molecule has 0 aliphatic heterocycles. The van der Waals surface area contributed by atoms with Crippen LogP contribution in [0.15, 0.2) is 36.5 Å². The van der Waals surface area contributed by atoms with Crippen LogP contribution in [0.5, 0.6) is 0 Å². The van der Waals surface area contributed by atoms with Gasteiger partial charge in [0.25, 0.3) is 0 Å². The quantitative estimate of drug-likeness (QED) is 0.0321. The molecule has 0 bridgehead atoms. The fourth-order valence-electron chi connectivity index (χ4n) is 9.57. The molecule has 0 saturated carbocycles. The highest BCUT2D eigenvalue weighted by atomic mass is 16.5. The molecule has 0 spiro atoms. The molecule has 2 atom stereocenters. The Kier molecular flexibility index (Phi) is 58.0. The Labute approximate surface area is 436 Å². The summed E-state index contributed by atoms with van der Waals surface area (Å²) in [6.07, 6.45) is 74.8. The molecule has 0 aliphatic rings. The molecule has 0 aliphatic carbocycles. The van der Waals surface area contributed by atoms with Crippen LogP contribution in [-0.4, -0.2) is 47.4 Å². The number of carbonyl (C=O) groups is 2. The highest BCUT2D eigenvalue weighted by molar-refractivity contribution is 5.76. The maximum atomic E-state index is 12.4. The predicted octanol–water partition coefficient (Wildman–Crippen LogP) is 19.6. The molecule has 3 N–H and O–H groups in total. The molecule has 0 radical (unpaired) electrons. The highest BCUT2D eigenvalue weighted by Gasteiger charge is 2.18. The molecule has 0 aromatic rings. The number of esters is 1. The van der Waals surface area contributed by atoms with E-state index in [2.05, 4.69) is 43.5 Å². The molecule has 0 aromatic heterocycles. The minimum atomic E-state index is -0.844. The number of ether oxygens (including phenoxy) is 1. The number of rotatable bonds is 58. The molecule has 0 heterocycles. The lowest BCUT2D eigenvalue weighted by Gasteiger charge is -2.20. The number of nitrogens with one attached hydrogen (secondary N) is 1. The van der Waals surface area contributed by atoms with E-state index in [1.807, 2.05) is 6.08 Å². The molecule has 0 rings (SSSR count). The van der Waals surface area contributed by atoms with Crippen LogP contribution >= 0.6 is 0 Å². The number of hydrogen-bond donors (Lipinski definition) is 3. The number of amides is 1. The Morgan fingerprint density at radius 3 is 1.01 bits per heavy atom. The molecule has 70 heavy (non-hydrogen) atoms. The first-order valence-electron chi connectivity index (χ1n) is 31.3. The first-order chi connectivity index (χ1) is 34.5. The summed E-state index contributed by atoms with van der Waals surface area (Å²) < 4.78 is 5.48. The van der Waals surface area contributed by atoms with Crippen molar-refractivity contribution >= 4 is 11.9 Å². The van der Waals surface area contributed by atoms with E-state index < -0.39 is 12.1 Å². The van der Waals surface area contributed by atoms with Gasteiger partial charge >= 0.3 is 5.97 Å². The van der Waals surface area contributed by atoms with E-state index in [-0.39, 0.29) is 18.5 Å². The van der Waals surface area contributed by atoms with E-state index in [0.717, 1.165) is 44.9 Å². The lowest BCUT2D eigenvalue weighted by atomic mass is 10.0. The van der Waals surface area contributed by atoms with Crippen LogP contribution in [0.2, 0.25) is 0 Å². The molecule has 6 heteroatoms. The maximum absolute atomic E-state index is 12.4. The topological polar surface area (TPSA) is 95.9 Å². The third-order valence-electron chi connectivity index (χ3n) is 14.4. The van der Waals surface area contributed by atoms with Crippen LogP contribution in [0, 0.1) is 0 Å². The minimum absolute atomic E-state index is 0.00604. The van der Waals surface area contributed by atoms with Crippen LogP contribution in [0.4, 0.5) is 0 Å². The normalized spacial score (nSPS) is 12.8. The zero-order valence-electron chi connectivity index (χ0n) is 47.0. The largest absolute Gasteiger partial charge is 0.466 e. The number of aliphatic hydroxyl groups is 2. The number of aliphatic hydroxyl groups excluding tert-OH is 2. The average molecular weight is 985 g/mol. The predicted molar refractivity (Wildman–Crippen MR) is 306 cm³/mol. The second-order valence-electron chi connectivity index (χ2n) is 21.4. The first-order valence-corrected chi connectivity index (χ1v) is 31.3. The third-order valence-corrected chi connectivity index (χ3v) is 14.4. The molecule has 0 saturated heterocycles. The Morgan fingerprint density at radius 2 is 0.671 bits per heavy atom. The van der Waals surface area contributed by atoms with Gasteiger partial charge in [0.05, 0.1) is 25.4 Å². The number of unbranched alkanes of at least 4 members (excludes halogenated alkanes) is 43. The van der Waals surface area contributed by atoms with Crippen molar-refractivity contribution in [3.63, 3.8) is 0 Å². The van der Waals surface area contributed by atoms with Crippen LogP contribution < -0.4 is 5.32 Å². The van der Waals surface area contributed by atoms with Crippen LogP contribution in [0.25, 0.3) is 0 Å². The van der Waals surface area contributed by atoms with Gasteiger partial charge in [-0.25, -0.2) is 0 Å². The molecule has 1 amide bonds. The van der Waals surface area contributed by atoms with Gasteiger partial charge in [0.1, 0.15) is 0 Å². The second-order valence-corrected chi connectivity index (χ2v) is 21.4. The maximum Gasteiger partial charge on any atom is 0.305 e. The molecule has 412 valence electrons. The van der Waals surface area contributed by atoms with Crippen LogP contribution in [-0.2, 0) is 14.3 Å². The summed E-state index contributed by atoms with van der Waals surface area (Å²) in [5, 5.41) is 23.1. The van der Waals surface area contributed by atoms with Crippen molar-refractivity contribution < 1.29 is 24.5 Å². The Hall–Kier alpha value is -1.92. The minimum Gasteiger partial charge on any atom is -0.466 e. The van der Waals surface area contributed by atoms with Gasteiger partial charge in [-0.3, -0.25) is 9.59 Å². The SMILES string of the molecule is CCCCCCC/C=C\CCCCCCCC(=O)OCCCCCCCCCCCCCC/C=C\CCCCCCCCCCCCCC(=O)NC(CO)C(O)/C=C/CCCCCCCCCCCC. The highest BCUT2D eigenvalue weighted by Crippen LogP contribution is 2.17. The number of carbonyl (C=O) groups excluding carboxylic acids is 2. The molecule has 6 nitrogen and oxygen atoms in total. The average Bonchev–Trinajstić information content (AvgIpc) is 3.36. The van der Waals surface area contributed by atoms with Gasteiger partial charge < -0.3 is 20.3 Å². The zero-order valence-corrected chi connectivity index (χ0v) is 47.0. The number of allylic oxidation sites excluding steroid dienone is 5. The van der Waals surface area contributed by atoms with Gasteiger partial charge in [0.15, 0.2) is 0 Å². The van der Waals surface area contributed by atoms with E-state index in [1.54, 1.807) is 6.08 Å².